The summed E-state index contributed by atoms with van der Waals surface area (Å²) in [4.78, 5) is 1.02. The molecule has 0 amide bonds. The van der Waals surface area contributed by atoms with Crippen molar-refractivity contribution >= 4 is 34.7 Å². The zero-order chi connectivity index (χ0) is 12.3. The topological polar surface area (TPSA) is 37.8 Å². The van der Waals surface area contributed by atoms with Crippen molar-refractivity contribution in [3.63, 3.8) is 0 Å². The molecule has 1 heterocycles. The van der Waals surface area contributed by atoms with Crippen LogP contribution in [0.1, 0.15) is 10.6 Å². The van der Waals surface area contributed by atoms with Crippen LogP contribution in [-0.4, -0.2) is 17.2 Å². The van der Waals surface area contributed by atoms with Gasteiger partial charge >= 0.3 is 0 Å². The van der Waals surface area contributed by atoms with Crippen LogP contribution >= 0.6 is 34.7 Å². The minimum Gasteiger partial charge on any atom is -0.316 e. The molecule has 0 saturated carbocycles. The highest BCUT2D eigenvalue weighted by atomic mass is 35.5. The normalized spacial score (nSPS) is 10.8. The fraction of sp³-hybridized carbons (Fsp3) is 0.273. The number of aromatic nitrogens is 2. The molecular weight excluding hydrogens is 274 g/mol. The van der Waals surface area contributed by atoms with E-state index in [4.69, 9.17) is 11.6 Å². The molecule has 0 radical (unpaired) electrons. The van der Waals surface area contributed by atoms with Crippen LogP contribution < -0.4 is 5.32 Å². The largest absolute Gasteiger partial charge is 0.316 e. The fourth-order valence-electron chi connectivity index (χ4n) is 1.35. The van der Waals surface area contributed by atoms with Gasteiger partial charge < -0.3 is 5.32 Å². The Hall–Kier alpha value is -0.620. The van der Waals surface area contributed by atoms with Crippen molar-refractivity contribution in [1.82, 2.24) is 15.5 Å². The van der Waals surface area contributed by atoms with Gasteiger partial charge in [-0.05, 0) is 31.7 Å². The van der Waals surface area contributed by atoms with Gasteiger partial charge in [-0.1, -0.05) is 40.8 Å². The third-order valence-corrected chi connectivity index (χ3v) is 4.47. The summed E-state index contributed by atoms with van der Waals surface area (Å²) in [6.07, 6.45) is 0. The first kappa shape index (κ1) is 12.8. The standard InChI is InChI=1S/C11H12ClN3S2/c1-7-14-15-11(16-7)17-10-4-3-8(6-13-2)5-9(10)12/h3-5,13H,6H2,1-2H3. The summed E-state index contributed by atoms with van der Waals surface area (Å²) in [5.41, 5.74) is 1.18. The van der Waals surface area contributed by atoms with Crippen molar-refractivity contribution in [3.05, 3.63) is 33.8 Å². The maximum absolute atomic E-state index is 6.23. The van der Waals surface area contributed by atoms with E-state index in [-0.39, 0.29) is 0 Å². The molecule has 0 atom stereocenters. The lowest BCUT2D eigenvalue weighted by molar-refractivity contribution is 0.817. The lowest BCUT2D eigenvalue weighted by atomic mass is 10.2. The maximum atomic E-state index is 6.23. The van der Waals surface area contributed by atoms with Gasteiger partial charge in [-0.3, -0.25) is 0 Å². The van der Waals surface area contributed by atoms with Gasteiger partial charge in [0, 0.05) is 11.4 Å². The first-order chi connectivity index (χ1) is 8.19. The molecule has 90 valence electrons. The van der Waals surface area contributed by atoms with Crippen LogP contribution in [0, 0.1) is 6.92 Å². The highest BCUT2D eigenvalue weighted by Gasteiger charge is 2.07. The molecule has 17 heavy (non-hydrogen) atoms. The number of nitrogens with zero attached hydrogens (tertiary/aromatic N) is 2. The zero-order valence-electron chi connectivity index (χ0n) is 9.53. The zero-order valence-corrected chi connectivity index (χ0v) is 11.9. The number of nitrogens with one attached hydrogen (secondary N) is 1. The van der Waals surface area contributed by atoms with E-state index in [2.05, 4.69) is 21.6 Å². The summed E-state index contributed by atoms with van der Waals surface area (Å²) in [6.45, 7) is 2.77. The first-order valence-electron chi connectivity index (χ1n) is 5.10. The van der Waals surface area contributed by atoms with E-state index >= 15 is 0 Å². The summed E-state index contributed by atoms with van der Waals surface area (Å²) < 4.78 is 0.922. The molecule has 1 aromatic heterocycles. The van der Waals surface area contributed by atoms with E-state index < -0.39 is 0 Å². The molecule has 6 heteroatoms. The molecule has 0 fully saturated rings. The third kappa shape index (κ3) is 3.42. The number of rotatable bonds is 4. The van der Waals surface area contributed by atoms with E-state index in [1.165, 1.54) is 5.56 Å². The molecule has 1 N–H and O–H groups in total. The van der Waals surface area contributed by atoms with Crippen molar-refractivity contribution in [3.8, 4) is 0 Å². The van der Waals surface area contributed by atoms with E-state index in [9.17, 15) is 0 Å². The van der Waals surface area contributed by atoms with Crippen molar-refractivity contribution in [2.24, 2.45) is 0 Å². The van der Waals surface area contributed by atoms with E-state index in [0.717, 1.165) is 25.8 Å². The average Bonchev–Trinajstić information content (AvgIpc) is 2.69. The van der Waals surface area contributed by atoms with Crippen LogP contribution in [0.5, 0.6) is 0 Å². The molecule has 0 aliphatic rings. The Balaban J connectivity index is 2.16. The highest BCUT2D eigenvalue weighted by Crippen LogP contribution is 2.35. The smallest absolute Gasteiger partial charge is 0.179 e. The van der Waals surface area contributed by atoms with Crippen LogP contribution in [0.3, 0.4) is 0 Å². The molecule has 0 saturated heterocycles. The van der Waals surface area contributed by atoms with E-state index in [1.54, 1.807) is 23.1 Å². The monoisotopic (exact) mass is 285 g/mol. The van der Waals surface area contributed by atoms with E-state index in [0.29, 0.717) is 0 Å². The van der Waals surface area contributed by atoms with Crippen LogP contribution in [0.4, 0.5) is 0 Å². The van der Waals surface area contributed by atoms with Crippen molar-refractivity contribution < 1.29 is 0 Å². The molecule has 2 aromatic rings. The molecule has 0 aliphatic heterocycles. The second-order valence-corrected chi connectivity index (χ2v) is 6.36. The molecular formula is C11H12ClN3S2. The van der Waals surface area contributed by atoms with Gasteiger partial charge in [-0.2, -0.15) is 0 Å². The first-order valence-corrected chi connectivity index (χ1v) is 7.11. The lowest BCUT2D eigenvalue weighted by Crippen LogP contribution is -2.04. The Labute approximate surface area is 114 Å². The third-order valence-electron chi connectivity index (χ3n) is 2.08. The average molecular weight is 286 g/mol. The lowest BCUT2D eigenvalue weighted by Gasteiger charge is -2.04. The quantitative estimate of drug-likeness (QED) is 0.935. The Morgan fingerprint density at radius 2 is 2.24 bits per heavy atom. The summed E-state index contributed by atoms with van der Waals surface area (Å²) in [7, 11) is 1.92. The number of hydrogen-bond donors (Lipinski definition) is 1. The van der Waals surface area contributed by atoms with Gasteiger partial charge in [0.25, 0.3) is 0 Å². The Morgan fingerprint density at radius 1 is 1.41 bits per heavy atom. The highest BCUT2D eigenvalue weighted by molar-refractivity contribution is 8.01. The predicted octanol–water partition coefficient (Wildman–Crippen LogP) is 3.37. The molecule has 0 unspecified atom stereocenters. The second-order valence-electron chi connectivity index (χ2n) is 3.48. The summed E-state index contributed by atoms with van der Waals surface area (Å²) >= 11 is 9.36. The minimum atomic E-state index is 0.760. The summed E-state index contributed by atoms with van der Waals surface area (Å²) in [5.74, 6) is 0. The molecule has 0 spiro atoms. The van der Waals surface area contributed by atoms with Gasteiger partial charge in [0.05, 0.1) is 5.02 Å². The van der Waals surface area contributed by atoms with Gasteiger partial charge in [-0.15, -0.1) is 10.2 Å². The van der Waals surface area contributed by atoms with Gasteiger partial charge in [0.15, 0.2) is 4.34 Å². The summed E-state index contributed by atoms with van der Waals surface area (Å²) in [6, 6.07) is 6.07. The molecule has 1 aromatic carbocycles. The van der Waals surface area contributed by atoms with Crippen molar-refractivity contribution in [2.75, 3.05) is 7.05 Å². The number of hydrogen-bond acceptors (Lipinski definition) is 5. The fourth-order valence-corrected chi connectivity index (χ4v) is 3.45. The summed E-state index contributed by atoms with van der Waals surface area (Å²) in [5, 5.41) is 12.9. The Morgan fingerprint density at radius 3 is 2.82 bits per heavy atom. The van der Waals surface area contributed by atoms with Gasteiger partial charge in [0.2, 0.25) is 0 Å². The molecule has 3 nitrogen and oxygen atoms in total. The molecule has 2 rings (SSSR count). The Kier molecular flexibility index (Phi) is 4.39. The molecule has 0 aliphatic carbocycles. The van der Waals surface area contributed by atoms with Crippen LogP contribution in [0.25, 0.3) is 0 Å². The number of aryl methyl sites for hydroxylation is 1. The van der Waals surface area contributed by atoms with Gasteiger partial charge in [0.1, 0.15) is 5.01 Å². The number of halogens is 1. The predicted molar refractivity (Wildman–Crippen MR) is 73.0 cm³/mol. The van der Waals surface area contributed by atoms with E-state index in [1.807, 2.05) is 26.1 Å². The van der Waals surface area contributed by atoms with Crippen molar-refractivity contribution in [1.29, 1.82) is 0 Å². The van der Waals surface area contributed by atoms with Gasteiger partial charge in [-0.25, -0.2) is 0 Å². The SMILES string of the molecule is CNCc1ccc(Sc2nnc(C)s2)c(Cl)c1. The molecule has 0 bridgehead atoms. The Bertz CT molecular complexity index is 513. The van der Waals surface area contributed by atoms with Crippen LogP contribution in [0.15, 0.2) is 27.4 Å². The van der Waals surface area contributed by atoms with Crippen LogP contribution in [-0.2, 0) is 6.54 Å². The number of benzene rings is 1. The maximum Gasteiger partial charge on any atom is 0.179 e. The van der Waals surface area contributed by atoms with Crippen molar-refractivity contribution in [2.45, 2.75) is 22.7 Å². The van der Waals surface area contributed by atoms with Crippen LogP contribution in [0.2, 0.25) is 5.02 Å². The second kappa shape index (κ2) is 5.82. The minimum absolute atomic E-state index is 0.760.